The number of nitrogens with zero attached hydrogens (tertiary/aromatic N) is 3. The van der Waals surface area contributed by atoms with Crippen molar-refractivity contribution in [1.29, 1.82) is 0 Å². The molecule has 42 heavy (non-hydrogen) atoms. The summed E-state index contributed by atoms with van der Waals surface area (Å²) in [7, 11) is 0. The van der Waals surface area contributed by atoms with Crippen LogP contribution in [0.2, 0.25) is 0 Å². The molecular weight excluding hydrogens is 618 g/mol. The van der Waals surface area contributed by atoms with Crippen LogP contribution in [-0.2, 0) is 14.4 Å². The van der Waals surface area contributed by atoms with Crippen molar-refractivity contribution in [2.45, 2.75) is 73.4 Å². The highest BCUT2D eigenvalue weighted by molar-refractivity contribution is 9.09. The molecule has 3 saturated heterocycles. The number of thioether (sulfide) groups is 1. The summed E-state index contributed by atoms with van der Waals surface area (Å²) in [6.07, 6.45) is 6.13. The number of hydrogen-bond donors (Lipinski definition) is 1. The second kappa shape index (κ2) is 14.0. The maximum Gasteiger partial charge on any atom is 0.247 e. The molecule has 3 fully saturated rings. The summed E-state index contributed by atoms with van der Waals surface area (Å²) in [4.78, 5) is 48.5. The minimum atomic E-state index is -0.711. The van der Waals surface area contributed by atoms with Gasteiger partial charge in [0.25, 0.3) is 0 Å². The molecule has 1 aromatic rings. The number of alkyl halides is 1. The molecule has 230 valence electrons. The highest BCUT2D eigenvalue weighted by Crippen LogP contribution is 2.68. The second-order valence-corrected chi connectivity index (χ2v) is 14.2. The lowest BCUT2D eigenvalue weighted by molar-refractivity contribution is -0.143. The molecule has 0 aromatic heterocycles. The maximum absolute atomic E-state index is 14.5. The van der Waals surface area contributed by atoms with Crippen LogP contribution >= 0.6 is 27.7 Å². The van der Waals surface area contributed by atoms with Crippen LogP contribution in [0, 0.1) is 11.8 Å². The number of anilines is 1. The Kier molecular flexibility index (Phi) is 10.9. The van der Waals surface area contributed by atoms with E-state index in [0.717, 1.165) is 12.2 Å². The molecule has 1 spiro atoms. The Morgan fingerprint density at radius 2 is 1.86 bits per heavy atom. The zero-order chi connectivity index (χ0) is 30.6. The molecule has 6 atom stereocenters. The fraction of sp³-hybridized carbons (Fsp3) is 0.594. The molecule has 0 aliphatic carbocycles. The van der Waals surface area contributed by atoms with Crippen molar-refractivity contribution >= 4 is 51.1 Å². The molecule has 4 rings (SSSR count). The molecule has 1 N–H and O–H groups in total. The normalized spacial score (nSPS) is 27.7. The number of unbranched alkanes of at least 4 members (excludes halogenated alkanes) is 2. The van der Waals surface area contributed by atoms with E-state index in [0.29, 0.717) is 51.2 Å². The minimum Gasteiger partial charge on any atom is -0.494 e. The van der Waals surface area contributed by atoms with Gasteiger partial charge >= 0.3 is 0 Å². The van der Waals surface area contributed by atoms with Crippen LogP contribution in [0.4, 0.5) is 5.69 Å². The average molecular weight is 663 g/mol. The second-order valence-electron chi connectivity index (χ2n) is 11.5. The summed E-state index contributed by atoms with van der Waals surface area (Å²) >= 11 is 5.52. The zero-order valence-electron chi connectivity index (χ0n) is 24.9. The highest BCUT2D eigenvalue weighted by Gasteiger charge is 2.76. The molecule has 10 heteroatoms. The predicted molar refractivity (Wildman–Crippen MR) is 172 cm³/mol. The van der Waals surface area contributed by atoms with Gasteiger partial charge in [-0.15, -0.1) is 24.9 Å². The SMILES string of the molecule is C=CCN(C(=O)[C@H]1[C@H]2C(=O)N(CCCCCO)C(C(=O)N(CC=C)C(C)C)C23CC(Br)[C@@H]1S3)c1ccc(OCC)cc1. The molecule has 8 nitrogen and oxygen atoms in total. The monoisotopic (exact) mass is 661 g/mol. The fourth-order valence-corrected chi connectivity index (χ4v) is 10.5. The Balaban J connectivity index is 1.73. The first-order valence-corrected chi connectivity index (χ1v) is 16.8. The predicted octanol–water partition coefficient (Wildman–Crippen LogP) is 4.65. The number of likely N-dealkylation sites (tertiary alicyclic amines) is 1. The number of benzene rings is 1. The van der Waals surface area contributed by atoms with Crippen molar-refractivity contribution < 1.29 is 24.2 Å². The minimum absolute atomic E-state index is 0.0112. The van der Waals surface area contributed by atoms with Gasteiger partial charge in [0.2, 0.25) is 17.7 Å². The van der Waals surface area contributed by atoms with Crippen LogP contribution in [0.3, 0.4) is 0 Å². The summed E-state index contributed by atoms with van der Waals surface area (Å²) in [5.74, 6) is -0.789. The third-order valence-electron chi connectivity index (χ3n) is 8.63. The topological polar surface area (TPSA) is 90.4 Å². The van der Waals surface area contributed by atoms with Gasteiger partial charge in [-0.2, -0.15) is 0 Å². The van der Waals surface area contributed by atoms with Gasteiger partial charge in [0, 0.05) is 48.0 Å². The number of halogens is 1. The number of amides is 3. The fourth-order valence-electron chi connectivity index (χ4n) is 6.87. The molecule has 0 saturated carbocycles. The van der Waals surface area contributed by atoms with Gasteiger partial charge in [0.1, 0.15) is 11.8 Å². The smallest absolute Gasteiger partial charge is 0.247 e. The number of aliphatic hydroxyl groups is 1. The van der Waals surface area contributed by atoms with Crippen LogP contribution in [0.5, 0.6) is 5.75 Å². The Morgan fingerprint density at radius 1 is 1.17 bits per heavy atom. The van der Waals surface area contributed by atoms with Gasteiger partial charge in [-0.05, 0) is 70.7 Å². The quantitative estimate of drug-likeness (QED) is 0.167. The third-order valence-corrected chi connectivity index (χ3v) is 11.9. The van der Waals surface area contributed by atoms with E-state index in [2.05, 4.69) is 29.1 Å². The first-order valence-electron chi connectivity index (χ1n) is 15.0. The summed E-state index contributed by atoms with van der Waals surface area (Å²) in [6.45, 7) is 15.4. The molecule has 3 unspecified atom stereocenters. The van der Waals surface area contributed by atoms with E-state index in [1.807, 2.05) is 45.0 Å². The lowest BCUT2D eigenvalue weighted by atomic mass is 9.70. The Hall–Kier alpha value is -2.30. The highest BCUT2D eigenvalue weighted by atomic mass is 79.9. The molecule has 0 radical (unpaired) electrons. The van der Waals surface area contributed by atoms with Crippen molar-refractivity contribution in [3.05, 3.63) is 49.6 Å². The lowest BCUT2D eigenvalue weighted by Crippen LogP contribution is -2.57. The van der Waals surface area contributed by atoms with Crippen LogP contribution < -0.4 is 9.64 Å². The molecule has 3 aliphatic heterocycles. The first-order chi connectivity index (χ1) is 20.2. The van der Waals surface area contributed by atoms with E-state index in [1.165, 1.54) is 0 Å². The first kappa shape index (κ1) is 32.6. The Morgan fingerprint density at radius 3 is 2.45 bits per heavy atom. The molecule has 3 aliphatic rings. The van der Waals surface area contributed by atoms with Crippen LogP contribution in [-0.4, -0.2) is 92.4 Å². The lowest BCUT2D eigenvalue weighted by Gasteiger charge is -2.39. The number of rotatable bonds is 15. The van der Waals surface area contributed by atoms with E-state index < -0.39 is 22.6 Å². The number of hydrogen-bond acceptors (Lipinski definition) is 6. The van der Waals surface area contributed by atoms with Crippen molar-refractivity contribution in [3.8, 4) is 5.75 Å². The van der Waals surface area contributed by atoms with E-state index in [4.69, 9.17) is 4.74 Å². The van der Waals surface area contributed by atoms with Crippen molar-refractivity contribution in [3.63, 3.8) is 0 Å². The van der Waals surface area contributed by atoms with Gasteiger partial charge in [0.05, 0.1) is 23.2 Å². The number of carbonyl (C=O) groups excluding carboxylic acids is 3. The Bertz CT molecular complexity index is 1160. The summed E-state index contributed by atoms with van der Waals surface area (Å²) in [6, 6.07) is 6.67. The molecule has 1 aromatic carbocycles. The van der Waals surface area contributed by atoms with E-state index in [-0.39, 0.29) is 40.4 Å². The summed E-state index contributed by atoms with van der Waals surface area (Å²) in [5, 5.41) is 9.16. The van der Waals surface area contributed by atoms with Gasteiger partial charge in [0.15, 0.2) is 0 Å². The molecular formula is C32H44BrN3O5S. The van der Waals surface area contributed by atoms with E-state index in [9.17, 15) is 19.5 Å². The zero-order valence-corrected chi connectivity index (χ0v) is 27.3. The van der Waals surface area contributed by atoms with E-state index in [1.54, 1.807) is 38.6 Å². The number of carbonyl (C=O) groups is 3. The average Bonchev–Trinajstić information content (AvgIpc) is 3.56. The van der Waals surface area contributed by atoms with E-state index >= 15 is 0 Å². The van der Waals surface area contributed by atoms with Gasteiger partial charge < -0.3 is 24.5 Å². The Labute approximate surface area is 262 Å². The maximum atomic E-state index is 14.5. The summed E-state index contributed by atoms with van der Waals surface area (Å²) in [5.41, 5.74) is 0.715. The standard InChI is InChI=1S/C32H44BrN3O5S/c1-6-16-34(21(4)5)31(40)28-32-20-24(33)27(42-32)25(26(32)30(39)36(28)18-10-9-11-19-37)29(38)35(17-7-2)22-12-14-23(15-13-22)41-8-3/h6-7,12-15,21,24-28,37H,1-2,8-11,16-20H2,3-5H3/t24?,25-,26-,27-,28?,32?/m0/s1. The van der Waals surface area contributed by atoms with Crippen molar-refractivity contribution in [2.75, 3.05) is 37.7 Å². The van der Waals surface area contributed by atoms with Gasteiger partial charge in [-0.1, -0.05) is 28.1 Å². The molecule has 2 bridgehead atoms. The number of fused-ring (bicyclic) bond motifs is 1. The van der Waals surface area contributed by atoms with Gasteiger partial charge in [-0.3, -0.25) is 14.4 Å². The molecule has 3 amide bonds. The van der Waals surface area contributed by atoms with Crippen LogP contribution in [0.1, 0.15) is 46.5 Å². The third kappa shape index (κ3) is 5.91. The van der Waals surface area contributed by atoms with Crippen LogP contribution in [0.25, 0.3) is 0 Å². The number of ether oxygens (including phenoxy) is 1. The number of aliphatic hydroxyl groups excluding tert-OH is 1. The van der Waals surface area contributed by atoms with Crippen molar-refractivity contribution in [2.24, 2.45) is 11.8 Å². The largest absolute Gasteiger partial charge is 0.494 e. The summed E-state index contributed by atoms with van der Waals surface area (Å²) < 4.78 is 4.88. The van der Waals surface area contributed by atoms with Crippen LogP contribution in [0.15, 0.2) is 49.6 Å². The van der Waals surface area contributed by atoms with Crippen molar-refractivity contribution in [1.82, 2.24) is 9.80 Å². The van der Waals surface area contributed by atoms with Gasteiger partial charge in [-0.25, -0.2) is 0 Å². The molecule has 3 heterocycles.